The van der Waals surface area contributed by atoms with Crippen LogP contribution in [0.1, 0.15) is 59.4 Å². The highest BCUT2D eigenvalue weighted by Crippen LogP contribution is 2.53. The Kier molecular flexibility index (Phi) is 7.31. The number of carbonyl (C=O) groups excluding carboxylic acids is 1. The number of hydrogen-bond donors (Lipinski definition) is 4. The number of ether oxygens (including phenoxy) is 2. The summed E-state index contributed by atoms with van der Waals surface area (Å²) in [5, 5.41) is 35.4. The molecule has 4 N–H and O–H groups in total. The number of likely N-dealkylation sites (N-methyl/N-ethyl adjacent to an activating group) is 2. The lowest BCUT2D eigenvalue weighted by Gasteiger charge is -2.51. The second-order valence-electron chi connectivity index (χ2n) is 11.8. The third-order valence-corrected chi connectivity index (χ3v) is 8.90. The predicted octanol–water partition coefficient (Wildman–Crippen LogP) is 2.44. The maximum atomic E-state index is 13.6. The lowest BCUT2D eigenvalue weighted by atomic mass is 9.72. The Hall–Kier alpha value is -2.33. The molecule has 206 valence electrons. The van der Waals surface area contributed by atoms with Crippen LogP contribution >= 0.6 is 0 Å². The molecule has 0 aliphatic carbocycles. The SMILES string of the molecule is CC[C@]1(C[C@@H]2CN(C)[C@H]([C@](C)(O)[C@H](C)CCO)C(=O)N2C)c2ccc3c(c2NC1O)OC=CC(C)(C)O3. The van der Waals surface area contributed by atoms with Crippen LogP contribution in [0.3, 0.4) is 0 Å². The summed E-state index contributed by atoms with van der Waals surface area (Å²) in [7, 11) is 3.64. The van der Waals surface area contributed by atoms with Gasteiger partial charge in [0.15, 0.2) is 11.5 Å². The number of hydrogen-bond acceptors (Lipinski definition) is 8. The van der Waals surface area contributed by atoms with E-state index in [9.17, 15) is 20.1 Å². The second-order valence-corrected chi connectivity index (χ2v) is 11.8. The highest BCUT2D eigenvalue weighted by molar-refractivity contribution is 5.84. The fourth-order valence-corrected chi connectivity index (χ4v) is 6.27. The summed E-state index contributed by atoms with van der Waals surface area (Å²) in [6, 6.07) is 2.98. The average Bonchev–Trinajstić information content (AvgIpc) is 2.98. The molecule has 1 aromatic rings. The predicted molar refractivity (Wildman–Crippen MR) is 142 cm³/mol. The quantitative estimate of drug-likeness (QED) is 0.436. The number of anilines is 1. The van der Waals surface area contributed by atoms with Crippen molar-refractivity contribution in [2.24, 2.45) is 5.92 Å². The van der Waals surface area contributed by atoms with Gasteiger partial charge < -0.3 is 35.0 Å². The molecular formula is C28H43N3O6. The Morgan fingerprint density at radius 3 is 2.65 bits per heavy atom. The maximum absolute atomic E-state index is 13.6. The van der Waals surface area contributed by atoms with Crippen LogP contribution in [0.15, 0.2) is 24.5 Å². The zero-order valence-corrected chi connectivity index (χ0v) is 23.1. The van der Waals surface area contributed by atoms with Gasteiger partial charge in [-0.25, -0.2) is 0 Å². The van der Waals surface area contributed by atoms with Gasteiger partial charge >= 0.3 is 0 Å². The van der Waals surface area contributed by atoms with Crippen molar-refractivity contribution in [1.82, 2.24) is 9.80 Å². The Labute approximate surface area is 220 Å². The molecule has 0 radical (unpaired) electrons. The van der Waals surface area contributed by atoms with E-state index in [1.54, 1.807) is 25.1 Å². The van der Waals surface area contributed by atoms with Gasteiger partial charge in [-0.3, -0.25) is 9.69 Å². The van der Waals surface area contributed by atoms with E-state index in [-0.39, 0.29) is 24.5 Å². The van der Waals surface area contributed by atoms with Gasteiger partial charge in [-0.2, -0.15) is 0 Å². The van der Waals surface area contributed by atoms with Gasteiger partial charge in [0.1, 0.15) is 17.9 Å². The number of piperazine rings is 1. The van der Waals surface area contributed by atoms with E-state index in [4.69, 9.17) is 9.47 Å². The van der Waals surface area contributed by atoms with Crippen molar-refractivity contribution >= 4 is 11.6 Å². The third-order valence-electron chi connectivity index (χ3n) is 8.90. The molecule has 0 spiro atoms. The maximum Gasteiger partial charge on any atom is 0.242 e. The minimum absolute atomic E-state index is 0.0462. The molecule has 6 atom stereocenters. The average molecular weight is 518 g/mol. The lowest BCUT2D eigenvalue weighted by molar-refractivity contribution is -0.162. The van der Waals surface area contributed by atoms with Crippen LogP contribution in [0, 0.1) is 5.92 Å². The molecule has 0 bridgehead atoms. The third kappa shape index (κ3) is 4.60. The summed E-state index contributed by atoms with van der Waals surface area (Å²) in [6.07, 6.45) is 4.18. The number of aliphatic hydroxyl groups is 3. The minimum atomic E-state index is -1.30. The Morgan fingerprint density at radius 1 is 1.30 bits per heavy atom. The van der Waals surface area contributed by atoms with E-state index >= 15 is 0 Å². The van der Waals surface area contributed by atoms with E-state index in [2.05, 4.69) is 5.32 Å². The summed E-state index contributed by atoms with van der Waals surface area (Å²) in [4.78, 5) is 17.3. The van der Waals surface area contributed by atoms with Gasteiger partial charge in [0, 0.05) is 31.7 Å². The smallest absolute Gasteiger partial charge is 0.242 e. The van der Waals surface area contributed by atoms with E-state index < -0.39 is 28.9 Å². The molecule has 1 saturated heterocycles. The molecule has 1 amide bonds. The van der Waals surface area contributed by atoms with Gasteiger partial charge in [-0.1, -0.05) is 19.9 Å². The van der Waals surface area contributed by atoms with Gasteiger partial charge in [-0.05, 0) is 70.7 Å². The van der Waals surface area contributed by atoms with Crippen LogP contribution in [0.2, 0.25) is 0 Å². The number of amides is 1. The molecule has 37 heavy (non-hydrogen) atoms. The molecule has 3 aliphatic heterocycles. The molecule has 9 nitrogen and oxygen atoms in total. The van der Waals surface area contributed by atoms with E-state index in [0.717, 1.165) is 5.56 Å². The van der Waals surface area contributed by atoms with Gasteiger partial charge in [0.25, 0.3) is 0 Å². The molecule has 0 saturated carbocycles. The largest absolute Gasteiger partial charge is 0.480 e. The van der Waals surface area contributed by atoms with Gasteiger partial charge in [0.05, 0.1) is 17.6 Å². The van der Waals surface area contributed by atoms with Crippen molar-refractivity contribution in [3.8, 4) is 11.5 Å². The first kappa shape index (κ1) is 27.7. The Balaban J connectivity index is 1.64. The fraction of sp³-hybridized carbons (Fsp3) is 0.679. The monoisotopic (exact) mass is 517 g/mol. The summed E-state index contributed by atoms with van der Waals surface area (Å²) >= 11 is 0. The Bertz CT molecular complexity index is 1060. The van der Waals surface area contributed by atoms with Crippen LogP contribution in [0.5, 0.6) is 11.5 Å². The van der Waals surface area contributed by atoms with Gasteiger partial charge in [-0.15, -0.1) is 0 Å². The van der Waals surface area contributed by atoms with Crippen molar-refractivity contribution in [3.05, 3.63) is 30.0 Å². The second kappa shape index (κ2) is 9.76. The minimum Gasteiger partial charge on any atom is -0.480 e. The summed E-state index contributed by atoms with van der Waals surface area (Å²) in [5.41, 5.74) is -0.828. The molecule has 1 aromatic carbocycles. The number of fused-ring (bicyclic) bond motifs is 3. The number of aliphatic hydroxyl groups excluding tert-OH is 2. The van der Waals surface area contributed by atoms with Crippen LogP contribution in [0.4, 0.5) is 5.69 Å². The number of benzene rings is 1. The molecule has 4 rings (SSSR count). The molecule has 0 aromatic heterocycles. The first-order chi connectivity index (χ1) is 17.3. The van der Waals surface area contributed by atoms with Crippen LogP contribution in [0.25, 0.3) is 0 Å². The number of carbonyl (C=O) groups is 1. The molecular weight excluding hydrogens is 474 g/mol. The summed E-state index contributed by atoms with van der Waals surface area (Å²) in [6.45, 7) is 9.99. The topological polar surface area (TPSA) is 115 Å². The van der Waals surface area contributed by atoms with Crippen LogP contribution in [-0.4, -0.2) is 87.8 Å². The zero-order chi connectivity index (χ0) is 27.3. The highest BCUT2D eigenvalue weighted by atomic mass is 16.5. The van der Waals surface area contributed by atoms with Gasteiger partial charge in [0.2, 0.25) is 5.91 Å². The molecule has 1 unspecified atom stereocenters. The fourth-order valence-electron chi connectivity index (χ4n) is 6.27. The standard InChI is InChI=1S/C28H43N3O6/c1-8-28(15-18-16-30(6)23(24(33)31(18)7)27(5,35)17(2)11-13-32)19-9-10-20-22(21(19)29-25(28)34)36-14-12-26(3,4)37-20/h9-10,12,14,17-18,23,25,29,32,34-35H,8,11,13,15-16H2,1-7H3/t17-,18-,23+,25?,27-,28+/m1/s1. The number of nitrogens with zero attached hydrogens (tertiary/aromatic N) is 2. The van der Waals surface area contributed by atoms with Crippen LogP contribution in [-0.2, 0) is 10.2 Å². The van der Waals surface area contributed by atoms with Crippen molar-refractivity contribution in [2.45, 2.75) is 88.8 Å². The van der Waals surface area contributed by atoms with E-state index in [1.165, 1.54) is 0 Å². The van der Waals surface area contributed by atoms with Crippen molar-refractivity contribution < 1.29 is 29.6 Å². The van der Waals surface area contributed by atoms with Crippen molar-refractivity contribution in [3.63, 3.8) is 0 Å². The highest BCUT2D eigenvalue weighted by Gasteiger charge is 2.53. The first-order valence-electron chi connectivity index (χ1n) is 13.2. The van der Waals surface area contributed by atoms with Crippen molar-refractivity contribution in [2.75, 3.05) is 32.6 Å². The normalized spacial score (nSPS) is 31.4. The first-order valence-corrected chi connectivity index (χ1v) is 13.2. The lowest BCUT2D eigenvalue weighted by Crippen LogP contribution is -2.68. The summed E-state index contributed by atoms with van der Waals surface area (Å²) in [5.74, 6) is 0.733. The molecule has 3 aliphatic rings. The molecule has 9 heteroatoms. The molecule has 3 heterocycles. The molecule has 1 fully saturated rings. The van der Waals surface area contributed by atoms with Crippen LogP contribution < -0.4 is 14.8 Å². The van der Waals surface area contributed by atoms with E-state index in [1.807, 2.05) is 57.9 Å². The van der Waals surface area contributed by atoms with E-state index in [0.29, 0.717) is 43.0 Å². The number of rotatable bonds is 7. The van der Waals surface area contributed by atoms with Crippen molar-refractivity contribution in [1.29, 1.82) is 0 Å². The Morgan fingerprint density at radius 2 is 2.00 bits per heavy atom. The number of nitrogens with one attached hydrogen (secondary N) is 1. The summed E-state index contributed by atoms with van der Waals surface area (Å²) < 4.78 is 12.1. The zero-order valence-electron chi connectivity index (χ0n) is 23.1.